The van der Waals surface area contributed by atoms with Gasteiger partial charge in [-0.2, -0.15) is 5.10 Å². The van der Waals surface area contributed by atoms with Gasteiger partial charge in [-0.3, -0.25) is 14.9 Å². The van der Waals surface area contributed by atoms with Crippen molar-refractivity contribution in [2.75, 3.05) is 13.7 Å². The molecule has 146 valence electrons. The summed E-state index contributed by atoms with van der Waals surface area (Å²) in [6.07, 6.45) is -0.298. The average molecular weight is 385 g/mol. The van der Waals surface area contributed by atoms with E-state index in [-0.39, 0.29) is 5.69 Å². The molecule has 0 aliphatic carbocycles. The molecule has 1 aliphatic heterocycles. The van der Waals surface area contributed by atoms with Crippen LogP contribution in [0.25, 0.3) is 0 Å². The molecular weight excluding hydrogens is 366 g/mol. The molecular formula is C19H19N3O6. The van der Waals surface area contributed by atoms with Crippen LogP contribution in [-0.4, -0.2) is 36.4 Å². The van der Waals surface area contributed by atoms with E-state index in [2.05, 4.69) is 10.5 Å². The fourth-order valence-corrected chi connectivity index (χ4v) is 2.67. The minimum Gasteiger partial charge on any atom is -0.493 e. The number of nitro benzene ring substituents is 1. The number of carbonyl (C=O) groups is 1. The van der Waals surface area contributed by atoms with E-state index in [1.54, 1.807) is 20.1 Å². The van der Waals surface area contributed by atoms with Crippen LogP contribution in [0.5, 0.6) is 17.2 Å². The zero-order valence-corrected chi connectivity index (χ0v) is 15.4. The van der Waals surface area contributed by atoms with E-state index >= 15 is 0 Å². The standard InChI is InChI=1S/C19H19N3O6/c1-12(28-14-8-6-13(7-9-14)22(24)25)19(23)21-20-16-10-11-27-18-15(16)4-3-5-17(18)26-2/h3-9,12H,10-11H2,1-2H3,(H,21,23)/t12-/m0/s1. The first-order valence-electron chi connectivity index (χ1n) is 8.57. The van der Waals surface area contributed by atoms with Crippen molar-refractivity contribution in [1.29, 1.82) is 0 Å². The maximum atomic E-state index is 12.3. The Bertz CT molecular complexity index is 910. The van der Waals surface area contributed by atoms with E-state index in [0.29, 0.717) is 36.0 Å². The third kappa shape index (κ3) is 4.20. The van der Waals surface area contributed by atoms with Gasteiger partial charge in [-0.1, -0.05) is 6.07 Å². The molecule has 28 heavy (non-hydrogen) atoms. The first-order valence-corrected chi connectivity index (χ1v) is 8.57. The Balaban J connectivity index is 1.66. The highest BCUT2D eigenvalue weighted by Gasteiger charge is 2.21. The average Bonchev–Trinajstić information content (AvgIpc) is 2.71. The zero-order valence-electron chi connectivity index (χ0n) is 15.4. The molecule has 1 amide bonds. The summed E-state index contributed by atoms with van der Waals surface area (Å²) in [4.78, 5) is 22.5. The summed E-state index contributed by atoms with van der Waals surface area (Å²) in [5, 5.41) is 14.9. The molecule has 0 spiro atoms. The van der Waals surface area contributed by atoms with Gasteiger partial charge in [0.25, 0.3) is 11.6 Å². The van der Waals surface area contributed by atoms with Gasteiger partial charge in [-0.25, -0.2) is 5.43 Å². The number of nitrogens with one attached hydrogen (secondary N) is 1. The number of benzene rings is 2. The molecule has 0 saturated carbocycles. The van der Waals surface area contributed by atoms with Gasteiger partial charge in [-0.15, -0.1) is 0 Å². The molecule has 1 N–H and O–H groups in total. The van der Waals surface area contributed by atoms with Crippen molar-refractivity contribution in [3.63, 3.8) is 0 Å². The summed E-state index contributed by atoms with van der Waals surface area (Å²) in [5.74, 6) is 1.11. The number of carbonyl (C=O) groups excluding carboxylic acids is 1. The summed E-state index contributed by atoms with van der Waals surface area (Å²) >= 11 is 0. The highest BCUT2D eigenvalue weighted by Crippen LogP contribution is 2.34. The number of para-hydroxylation sites is 1. The van der Waals surface area contributed by atoms with Crippen molar-refractivity contribution >= 4 is 17.3 Å². The Morgan fingerprint density at radius 1 is 1.29 bits per heavy atom. The molecule has 0 radical (unpaired) electrons. The predicted octanol–water partition coefficient (Wildman–Crippen LogP) is 2.67. The van der Waals surface area contributed by atoms with Crippen molar-refractivity contribution in [2.24, 2.45) is 5.10 Å². The SMILES string of the molecule is COc1cccc2c1OCCC2=NNC(=O)[C@H](C)Oc1ccc([N+](=O)[O-])cc1. The Morgan fingerprint density at radius 2 is 2.04 bits per heavy atom. The fourth-order valence-electron chi connectivity index (χ4n) is 2.67. The molecule has 2 aromatic rings. The zero-order chi connectivity index (χ0) is 20.1. The van der Waals surface area contributed by atoms with Crippen LogP contribution in [0.2, 0.25) is 0 Å². The Kier molecular flexibility index (Phi) is 5.73. The highest BCUT2D eigenvalue weighted by atomic mass is 16.6. The maximum absolute atomic E-state index is 12.3. The number of amides is 1. The lowest BCUT2D eigenvalue weighted by atomic mass is 10.0. The normalized spacial score (nSPS) is 15.1. The fraction of sp³-hybridized carbons (Fsp3) is 0.263. The van der Waals surface area contributed by atoms with Crippen molar-refractivity contribution in [1.82, 2.24) is 5.43 Å². The Labute approximate surface area is 161 Å². The molecule has 1 aliphatic rings. The van der Waals surface area contributed by atoms with Crippen LogP contribution in [0.4, 0.5) is 5.69 Å². The van der Waals surface area contributed by atoms with Crippen molar-refractivity contribution < 1.29 is 23.9 Å². The molecule has 0 aromatic heterocycles. The molecule has 0 unspecified atom stereocenters. The minimum atomic E-state index is -0.838. The van der Waals surface area contributed by atoms with Crippen molar-refractivity contribution in [3.8, 4) is 17.2 Å². The summed E-state index contributed by atoms with van der Waals surface area (Å²) in [6.45, 7) is 1.99. The van der Waals surface area contributed by atoms with Gasteiger partial charge in [0, 0.05) is 24.1 Å². The van der Waals surface area contributed by atoms with Gasteiger partial charge in [0.2, 0.25) is 0 Å². The third-order valence-electron chi connectivity index (χ3n) is 4.13. The molecule has 0 saturated heterocycles. The molecule has 9 heteroatoms. The lowest BCUT2D eigenvalue weighted by molar-refractivity contribution is -0.384. The first-order chi connectivity index (χ1) is 13.5. The van der Waals surface area contributed by atoms with Gasteiger partial charge < -0.3 is 14.2 Å². The third-order valence-corrected chi connectivity index (χ3v) is 4.13. The van der Waals surface area contributed by atoms with Crippen LogP contribution in [-0.2, 0) is 4.79 Å². The largest absolute Gasteiger partial charge is 0.493 e. The minimum absolute atomic E-state index is 0.0514. The smallest absolute Gasteiger partial charge is 0.280 e. The van der Waals surface area contributed by atoms with Gasteiger partial charge >= 0.3 is 0 Å². The summed E-state index contributed by atoms with van der Waals surface area (Å²) < 4.78 is 16.4. The number of hydrogen-bond donors (Lipinski definition) is 1. The molecule has 1 heterocycles. The number of nitrogens with zero attached hydrogens (tertiary/aromatic N) is 2. The van der Waals surface area contributed by atoms with Crippen molar-refractivity contribution in [2.45, 2.75) is 19.4 Å². The van der Waals surface area contributed by atoms with E-state index in [1.165, 1.54) is 24.3 Å². The van der Waals surface area contributed by atoms with E-state index in [9.17, 15) is 14.9 Å². The molecule has 3 rings (SSSR count). The Morgan fingerprint density at radius 3 is 2.71 bits per heavy atom. The van der Waals surface area contributed by atoms with E-state index in [4.69, 9.17) is 14.2 Å². The van der Waals surface area contributed by atoms with E-state index < -0.39 is 16.9 Å². The van der Waals surface area contributed by atoms with Crippen LogP contribution in [0.3, 0.4) is 0 Å². The number of hydrogen-bond acceptors (Lipinski definition) is 7. The molecule has 9 nitrogen and oxygen atoms in total. The van der Waals surface area contributed by atoms with E-state index in [1.807, 2.05) is 12.1 Å². The molecule has 2 aromatic carbocycles. The number of ether oxygens (including phenoxy) is 3. The Hall–Kier alpha value is -3.62. The van der Waals surface area contributed by atoms with Crippen LogP contribution in [0.15, 0.2) is 47.6 Å². The van der Waals surface area contributed by atoms with Gasteiger partial charge in [0.1, 0.15) is 5.75 Å². The molecule has 0 bridgehead atoms. The first kappa shape index (κ1) is 19.2. The van der Waals surface area contributed by atoms with Crippen LogP contribution < -0.4 is 19.6 Å². The number of hydrazone groups is 1. The lowest BCUT2D eigenvalue weighted by Gasteiger charge is -2.21. The predicted molar refractivity (Wildman–Crippen MR) is 101 cm³/mol. The topological polar surface area (TPSA) is 112 Å². The summed E-state index contributed by atoms with van der Waals surface area (Å²) in [7, 11) is 1.56. The second-order valence-corrected chi connectivity index (χ2v) is 5.98. The van der Waals surface area contributed by atoms with Crippen LogP contribution in [0.1, 0.15) is 18.9 Å². The monoisotopic (exact) mass is 385 g/mol. The summed E-state index contributed by atoms with van der Waals surface area (Å²) in [5.41, 5.74) is 3.88. The highest BCUT2D eigenvalue weighted by molar-refractivity contribution is 6.04. The lowest BCUT2D eigenvalue weighted by Crippen LogP contribution is -2.34. The molecule has 0 fully saturated rings. The second kappa shape index (κ2) is 8.38. The second-order valence-electron chi connectivity index (χ2n) is 5.98. The van der Waals surface area contributed by atoms with Crippen molar-refractivity contribution in [3.05, 3.63) is 58.1 Å². The van der Waals surface area contributed by atoms with Gasteiger partial charge in [0.05, 0.1) is 24.4 Å². The van der Waals surface area contributed by atoms with E-state index in [0.717, 1.165) is 5.56 Å². The maximum Gasteiger partial charge on any atom is 0.280 e. The van der Waals surface area contributed by atoms with Gasteiger partial charge in [-0.05, 0) is 31.2 Å². The number of fused-ring (bicyclic) bond motifs is 1. The van der Waals surface area contributed by atoms with Crippen LogP contribution >= 0.6 is 0 Å². The number of methoxy groups -OCH3 is 1. The number of rotatable bonds is 6. The molecule has 1 atom stereocenters. The van der Waals surface area contributed by atoms with Gasteiger partial charge in [0.15, 0.2) is 17.6 Å². The summed E-state index contributed by atoms with van der Waals surface area (Å²) in [6, 6.07) is 11.0. The number of non-ortho nitro benzene ring substituents is 1. The van der Waals surface area contributed by atoms with Crippen LogP contribution in [0, 0.1) is 10.1 Å². The number of nitro groups is 1. The quantitative estimate of drug-likeness (QED) is 0.604.